The molecule has 26 heavy (non-hydrogen) atoms. The minimum absolute atomic E-state index is 0. The number of Topliss-reactive ketones (excluding diaryl/α,β-unsaturated/α-hetero) is 1. The minimum atomic E-state index is 0. The van der Waals surface area contributed by atoms with E-state index in [1.54, 1.807) is 7.11 Å². The number of hydrogen-bond donors (Lipinski definition) is 0. The third-order valence-corrected chi connectivity index (χ3v) is 4.73. The first-order chi connectivity index (χ1) is 12.2. The van der Waals surface area contributed by atoms with E-state index in [0.29, 0.717) is 6.42 Å². The summed E-state index contributed by atoms with van der Waals surface area (Å²) in [6.07, 6.45) is 5.02. The number of carbonyl (C=O) groups excluding carboxylic acids is 1. The van der Waals surface area contributed by atoms with Crippen molar-refractivity contribution >= 4 is 18.2 Å². The molecule has 0 aliphatic carbocycles. The Morgan fingerprint density at radius 2 is 1.81 bits per heavy atom. The lowest BCUT2D eigenvalue weighted by molar-refractivity contribution is 0.0966. The summed E-state index contributed by atoms with van der Waals surface area (Å²) >= 11 is 0. The van der Waals surface area contributed by atoms with E-state index in [1.165, 1.54) is 11.1 Å². The Labute approximate surface area is 162 Å². The number of nitrogens with zero attached hydrogens (tertiary/aromatic N) is 1. The van der Waals surface area contributed by atoms with E-state index >= 15 is 0 Å². The van der Waals surface area contributed by atoms with Crippen molar-refractivity contribution in [1.82, 2.24) is 4.90 Å². The molecule has 4 heteroatoms. The lowest BCUT2D eigenvalue weighted by atomic mass is 9.99. The standard InChI is InChI=1S/C22H25NO2.ClH/c1-25-21-9-7-20(8-10-21)22(24)13-16-23-14-11-19(12-15-23)17-18-5-3-2-4-6-18;/h2-11H,12-17H2,1H3;1H. The van der Waals surface area contributed by atoms with Crippen molar-refractivity contribution in [3.63, 3.8) is 0 Å². The summed E-state index contributed by atoms with van der Waals surface area (Å²) in [6, 6.07) is 18.0. The molecule has 0 N–H and O–H groups in total. The van der Waals surface area contributed by atoms with Gasteiger partial charge in [-0.1, -0.05) is 42.0 Å². The molecule has 1 heterocycles. The van der Waals surface area contributed by atoms with Crippen LogP contribution in [0.3, 0.4) is 0 Å². The highest BCUT2D eigenvalue weighted by Crippen LogP contribution is 2.17. The van der Waals surface area contributed by atoms with Gasteiger partial charge in [-0.3, -0.25) is 9.69 Å². The van der Waals surface area contributed by atoms with E-state index in [2.05, 4.69) is 41.3 Å². The number of benzene rings is 2. The Morgan fingerprint density at radius 1 is 1.08 bits per heavy atom. The van der Waals surface area contributed by atoms with E-state index in [4.69, 9.17) is 4.74 Å². The van der Waals surface area contributed by atoms with Gasteiger partial charge < -0.3 is 4.74 Å². The van der Waals surface area contributed by atoms with Gasteiger partial charge in [-0.25, -0.2) is 0 Å². The van der Waals surface area contributed by atoms with Crippen LogP contribution in [0.15, 0.2) is 66.2 Å². The molecule has 0 spiro atoms. The zero-order valence-electron chi connectivity index (χ0n) is 15.2. The number of methoxy groups -OCH3 is 1. The SMILES string of the molecule is COc1ccc(C(=O)CCN2CC=C(Cc3ccccc3)CC2)cc1.Cl. The molecule has 0 saturated heterocycles. The summed E-state index contributed by atoms with van der Waals surface area (Å²) in [5, 5.41) is 0. The monoisotopic (exact) mass is 371 g/mol. The van der Waals surface area contributed by atoms with Gasteiger partial charge in [0, 0.05) is 31.6 Å². The molecule has 1 aliphatic heterocycles. The van der Waals surface area contributed by atoms with Crippen LogP contribution < -0.4 is 4.74 Å². The maximum absolute atomic E-state index is 12.3. The highest BCUT2D eigenvalue weighted by Gasteiger charge is 2.14. The summed E-state index contributed by atoms with van der Waals surface area (Å²) in [6.45, 7) is 2.80. The Bertz CT molecular complexity index is 726. The van der Waals surface area contributed by atoms with Crippen molar-refractivity contribution in [1.29, 1.82) is 0 Å². The van der Waals surface area contributed by atoms with Crippen molar-refractivity contribution in [3.8, 4) is 5.75 Å². The second-order valence-electron chi connectivity index (χ2n) is 6.48. The average molecular weight is 372 g/mol. The molecule has 0 unspecified atom stereocenters. The van der Waals surface area contributed by atoms with Crippen molar-refractivity contribution in [2.45, 2.75) is 19.3 Å². The Balaban J connectivity index is 0.00000243. The molecule has 0 atom stereocenters. The van der Waals surface area contributed by atoms with Crippen LogP contribution >= 0.6 is 12.4 Å². The first kappa shape index (κ1) is 20.2. The van der Waals surface area contributed by atoms with Gasteiger partial charge in [0.1, 0.15) is 5.75 Å². The zero-order valence-corrected chi connectivity index (χ0v) is 16.0. The number of rotatable bonds is 7. The topological polar surface area (TPSA) is 29.5 Å². The maximum atomic E-state index is 12.3. The number of carbonyl (C=O) groups is 1. The van der Waals surface area contributed by atoms with Crippen LogP contribution in [0.2, 0.25) is 0 Å². The largest absolute Gasteiger partial charge is 0.497 e. The molecule has 2 aromatic rings. The quantitative estimate of drug-likeness (QED) is 0.527. The second kappa shape index (κ2) is 10.1. The predicted molar refractivity (Wildman–Crippen MR) is 108 cm³/mol. The fraction of sp³-hybridized carbons (Fsp3) is 0.318. The summed E-state index contributed by atoms with van der Waals surface area (Å²) in [5.41, 5.74) is 3.64. The lowest BCUT2D eigenvalue weighted by Gasteiger charge is -2.26. The third-order valence-electron chi connectivity index (χ3n) is 4.73. The highest BCUT2D eigenvalue weighted by molar-refractivity contribution is 5.96. The van der Waals surface area contributed by atoms with Gasteiger partial charge in [0.2, 0.25) is 0 Å². The van der Waals surface area contributed by atoms with Crippen LogP contribution in [0.5, 0.6) is 5.75 Å². The number of halogens is 1. The van der Waals surface area contributed by atoms with Crippen molar-refractivity contribution in [2.24, 2.45) is 0 Å². The summed E-state index contributed by atoms with van der Waals surface area (Å²) in [5.74, 6) is 0.977. The molecule has 0 amide bonds. The van der Waals surface area contributed by atoms with E-state index < -0.39 is 0 Å². The van der Waals surface area contributed by atoms with E-state index in [9.17, 15) is 4.79 Å². The Hall–Kier alpha value is -2.10. The highest BCUT2D eigenvalue weighted by atomic mass is 35.5. The van der Waals surface area contributed by atoms with Gasteiger partial charge in [0.05, 0.1) is 7.11 Å². The minimum Gasteiger partial charge on any atom is -0.497 e. The first-order valence-electron chi connectivity index (χ1n) is 8.86. The van der Waals surface area contributed by atoms with Crippen molar-refractivity contribution in [3.05, 3.63) is 77.4 Å². The molecule has 2 aromatic carbocycles. The van der Waals surface area contributed by atoms with Gasteiger partial charge in [0.25, 0.3) is 0 Å². The molecule has 0 bridgehead atoms. The molecule has 0 saturated carbocycles. The molecule has 0 fully saturated rings. The van der Waals surface area contributed by atoms with Crippen LogP contribution in [-0.2, 0) is 6.42 Å². The molecule has 0 radical (unpaired) electrons. The molecule has 1 aliphatic rings. The normalized spacial score (nSPS) is 14.3. The molecule has 0 aromatic heterocycles. The van der Waals surface area contributed by atoms with Crippen molar-refractivity contribution < 1.29 is 9.53 Å². The van der Waals surface area contributed by atoms with Crippen LogP contribution in [0.4, 0.5) is 0 Å². The predicted octanol–water partition coefficient (Wildman–Crippen LogP) is 4.56. The van der Waals surface area contributed by atoms with E-state index in [-0.39, 0.29) is 18.2 Å². The maximum Gasteiger partial charge on any atom is 0.164 e. The van der Waals surface area contributed by atoms with Crippen LogP contribution in [-0.4, -0.2) is 37.4 Å². The van der Waals surface area contributed by atoms with Crippen LogP contribution in [0.25, 0.3) is 0 Å². The molecule has 3 rings (SSSR count). The molecular weight excluding hydrogens is 346 g/mol. The van der Waals surface area contributed by atoms with Gasteiger partial charge in [0.15, 0.2) is 5.78 Å². The fourth-order valence-corrected chi connectivity index (χ4v) is 3.16. The number of ketones is 1. The average Bonchev–Trinajstić information content (AvgIpc) is 2.68. The lowest BCUT2D eigenvalue weighted by Crippen LogP contribution is -2.31. The first-order valence-corrected chi connectivity index (χ1v) is 8.86. The molecule has 138 valence electrons. The zero-order chi connectivity index (χ0) is 17.5. The third kappa shape index (κ3) is 5.72. The van der Waals surface area contributed by atoms with E-state index in [0.717, 1.165) is 43.8 Å². The number of ether oxygens (including phenoxy) is 1. The summed E-state index contributed by atoms with van der Waals surface area (Å²) < 4.78 is 5.13. The summed E-state index contributed by atoms with van der Waals surface area (Å²) in [7, 11) is 1.63. The van der Waals surface area contributed by atoms with Gasteiger partial charge in [-0.05, 0) is 42.7 Å². The van der Waals surface area contributed by atoms with Crippen LogP contribution in [0, 0.1) is 0 Å². The van der Waals surface area contributed by atoms with Crippen molar-refractivity contribution in [2.75, 3.05) is 26.7 Å². The van der Waals surface area contributed by atoms with Crippen LogP contribution in [0.1, 0.15) is 28.8 Å². The summed E-state index contributed by atoms with van der Waals surface area (Å²) in [4.78, 5) is 14.7. The number of hydrogen-bond acceptors (Lipinski definition) is 3. The van der Waals surface area contributed by atoms with E-state index in [1.807, 2.05) is 24.3 Å². The second-order valence-corrected chi connectivity index (χ2v) is 6.48. The Morgan fingerprint density at radius 3 is 2.42 bits per heavy atom. The van der Waals surface area contributed by atoms with Gasteiger partial charge in [-0.2, -0.15) is 0 Å². The molecular formula is C22H26ClNO2. The smallest absolute Gasteiger partial charge is 0.164 e. The molecule has 3 nitrogen and oxygen atoms in total. The Kier molecular flexibility index (Phi) is 7.89. The van der Waals surface area contributed by atoms with Gasteiger partial charge >= 0.3 is 0 Å². The van der Waals surface area contributed by atoms with Gasteiger partial charge in [-0.15, -0.1) is 12.4 Å². The fourth-order valence-electron chi connectivity index (χ4n) is 3.16.